The number of benzene rings is 3. The second-order valence-electron chi connectivity index (χ2n) is 16.0. The summed E-state index contributed by atoms with van der Waals surface area (Å²) in [4.78, 5) is 38.1. The molecule has 6 aromatic rings. The fourth-order valence-corrected chi connectivity index (χ4v) is 10.2. The lowest BCUT2D eigenvalue weighted by Gasteiger charge is -2.29. The van der Waals surface area contributed by atoms with Gasteiger partial charge in [-0.1, -0.05) is 93.4 Å². The fourth-order valence-electron chi connectivity index (χ4n) is 9.59. The molecule has 0 aliphatic carbocycles. The van der Waals surface area contributed by atoms with E-state index in [0.717, 1.165) is 44.4 Å². The number of fused-ring (bicyclic) bond motifs is 7. The number of ether oxygens (including phenoxy) is 1. The van der Waals surface area contributed by atoms with E-state index < -0.39 is 29.2 Å². The number of aryl methyl sites for hydroxylation is 1. The molecule has 11 nitrogen and oxygen atoms in total. The topological polar surface area (TPSA) is 145 Å². The quantitative estimate of drug-likeness (QED) is 0.144. The van der Waals surface area contributed by atoms with Gasteiger partial charge in [-0.2, -0.15) is 4.98 Å². The number of para-hydroxylation sites is 1. The molecule has 7 heterocycles. The summed E-state index contributed by atoms with van der Waals surface area (Å²) in [6.45, 7) is 10.1. The number of oxazole rings is 2. The molecule has 4 aliphatic rings. The number of aromatic nitrogens is 3. The second-order valence-corrected chi connectivity index (χ2v) is 16.7. The number of Topliss-reactive ketones (excluding diaryl/α,β-unsaturated/α-hetero) is 1. The smallest absolute Gasteiger partial charge is 0.250 e. The number of amides is 1. The highest BCUT2D eigenvalue weighted by molar-refractivity contribution is 6.38. The van der Waals surface area contributed by atoms with E-state index in [2.05, 4.69) is 28.8 Å². The molecule has 3 N–H and O–H groups in total. The van der Waals surface area contributed by atoms with Gasteiger partial charge in [0.2, 0.25) is 11.8 Å². The summed E-state index contributed by atoms with van der Waals surface area (Å²) in [6, 6.07) is 17.5. The third-order valence-corrected chi connectivity index (χ3v) is 13.4. The molecule has 4 aliphatic heterocycles. The molecule has 1 amide bonds. The zero-order chi connectivity index (χ0) is 39.7. The van der Waals surface area contributed by atoms with E-state index in [-0.39, 0.29) is 60.2 Å². The summed E-state index contributed by atoms with van der Waals surface area (Å²) in [5.74, 6) is 0.0251. The summed E-state index contributed by atoms with van der Waals surface area (Å²) in [5, 5.41) is 19.6. The molecule has 0 radical (unpaired) electrons. The minimum absolute atomic E-state index is 0.114. The Morgan fingerprint density at radius 3 is 2.54 bits per heavy atom. The van der Waals surface area contributed by atoms with Crippen molar-refractivity contribution in [2.45, 2.75) is 90.1 Å². The maximum atomic E-state index is 14.4. The highest BCUT2D eigenvalue weighted by Crippen LogP contribution is 2.62. The van der Waals surface area contributed by atoms with Gasteiger partial charge in [-0.15, -0.1) is 0 Å². The molecule has 0 fully saturated rings. The van der Waals surface area contributed by atoms with Crippen molar-refractivity contribution in [3.8, 4) is 39.8 Å². The van der Waals surface area contributed by atoms with Gasteiger partial charge in [0, 0.05) is 46.6 Å². The second kappa shape index (κ2) is 12.7. The Bertz CT molecular complexity index is 2690. The molecule has 3 aromatic carbocycles. The Morgan fingerprint density at radius 2 is 1.79 bits per heavy atom. The number of ketones is 1. The summed E-state index contributed by atoms with van der Waals surface area (Å²) < 4.78 is 22.7. The predicted octanol–water partition coefficient (Wildman–Crippen LogP) is 9.23. The SMILES string of the molecule is CCn1c(Cl)c2c3c(cccc31)-c1cccc3c1NC1Oc4ccc5cc4C31c1oc(nc1-c1nc(Cl)c-2o1)C(C(C)C)NC(=O)C(CC(=O)C(O)(CC)CC)C5. The third kappa shape index (κ3) is 4.88. The number of carbonyl (C=O) groups excluding carboxylic acids is 2. The van der Waals surface area contributed by atoms with E-state index in [4.69, 9.17) is 46.7 Å². The molecule has 3 aromatic heterocycles. The van der Waals surface area contributed by atoms with E-state index in [1.807, 2.05) is 61.7 Å². The van der Waals surface area contributed by atoms with Crippen LogP contribution in [0, 0.1) is 11.8 Å². The monoisotopic (exact) mass is 805 g/mol. The summed E-state index contributed by atoms with van der Waals surface area (Å²) in [7, 11) is 0. The van der Waals surface area contributed by atoms with Crippen LogP contribution in [0.5, 0.6) is 5.75 Å². The Hall–Kier alpha value is -5.10. The van der Waals surface area contributed by atoms with Crippen molar-refractivity contribution in [2.75, 3.05) is 5.32 Å². The molecule has 4 atom stereocenters. The molecule has 0 saturated heterocycles. The van der Waals surface area contributed by atoms with Crippen molar-refractivity contribution in [3.63, 3.8) is 0 Å². The van der Waals surface area contributed by atoms with E-state index in [0.29, 0.717) is 40.2 Å². The van der Waals surface area contributed by atoms with Gasteiger partial charge in [-0.25, -0.2) is 4.98 Å². The van der Waals surface area contributed by atoms with Crippen molar-refractivity contribution in [2.24, 2.45) is 11.8 Å². The molecular formula is C44H41Cl2N5O6. The van der Waals surface area contributed by atoms with Gasteiger partial charge >= 0.3 is 0 Å². The standard InChI is InChI=1S/C44H41Cl2N5O6/c1-6-43(54,7-2)29(52)19-22-17-21-15-16-28-26(18-21)44-25-13-9-12-24(33(25)49-42(44)55-28)23-11-10-14-27-30(23)31(38(46)51(27)8-3)35-37(45)50-41(56-35)34-36(44)57-40(48-34)32(20(4)5)47-39(22)53/h9-16,18,20,22,32,42,49,54H,6-8,17,19H2,1-5H3,(H,47,53). The highest BCUT2D eigenvalue weighted by Gasteiger charge is 2.62. The molecule has 0 saturated carbocycles. The lowest BCUT2D eigenvalue weighted by molar-refractivity contribution is -0.141. The van der Waals surface area contributed by atoms with E-state index in [9.17, 15) is 14.7 Å². The molecule has 10 bridgehead atoms. The first kappa shape index (κ1) is 36.3. The van der Waals surface area contributed by atoms with Gasteiger partial charge in [0.05, 0.1) is 11.1 Å². The predicted molar refractivity (Wildman–Crippen MR) is 216 cm³/mol. The number of rotatable bonds is 7. The average molecular weight is 807 g/mol. The zero-order valence-electron chi connectivity index (χ0n) is 32.1. The largest absolute Gasteiger partial charge is 0.469 e. The summed E-state index contributed by atoms with van der Waals surface area (Å²) in [6.07, 6.45) is -0.0827. The number of hydrogen-bond donors (Lipinski definition) is 3. The van der Waals surface area contributed by atoms with Crippen LogP contribution in [0.1, 0.15) is 88.3 Å². The van der Waals surface area contributed by atoms with Crippen molar-refractivity contribution in [1.29, 1.82) is 0 Å². The molecule has 292 valence electrons. The molecule has 10 rings (SSSR count). The van der Waals surface area contributed by atoms with Crippen LogP contribution in [-0.4, -0.2) is 43.2 Å². The number of hydrogen-bond acceptors (Lipinski definition) is 9. The molecule has 13 heteroatoms. The van der Waals surface area contributed by atoms with E-state index in [1.54, 1.807) is 13.8 Å². The molecule has 1 spiro atoms. The normalized spacial score (nSPS) is 21.4. The van der Waals surface area contributed by atoms with E-state index in [1.165, 1.54) is 0 Å². The van der Waals surface area contributed by atoms with Gasteiger partial charge in [-0.05, 0) is 55.4 Å². The van der Waals surface area contributed by atoms with Crippen LogP contribution in [-0.2, 0) is 28.0 Å². The van der Waals surface area contributed by atoms with Gasteiger partial charge in [0.25, 0.3) is 5.89 Å². The van der Waals surface area contributed by atoms with Gasteiger partial charge in [-0.3, -0.25) is 9.59 Å². The van der Waals surface area contributed by atoms with Crippen molar-refractivity contribution >= 4 is 51.5 Å². The van der Waals surface area contributed by atoms with Gasteiger partial charge in [0.1, 0.15) is 28.0 Å². The van der Waals surface area contributed by atoms with Crippen LogP contribution in [0.25, 0.3) is 44.9 Å². The van der Waals surface area contributed by atoms with Crippen LogP contribution in [0.15, 0.2) is 63.4 Å². The number of halogens is 2. The summed E-state index contributed by atoms with van der Waals surface area (Å²) >= 11 is 14.3. The number of nitrogens with zero attached hydrogens (tertiary/aromatic N) is 3. The third-order valence-electron chi connectivity index (χ3n) is 12.7. The number of anilines is 1. The Morgan fingerprint density at radius 1 is 1.02 bits per heavy atom. The van der Waals surface area contributed by atoms with Crippen LogP contribution >= 0.6 is 23.2 Å². The fraction of sp³-hybridized carbons (Fsp3) is 0.364. The maximum Gasteiger partial charge on any atom is 0.250 e. The van der Waals surface area contributed by atoms with Gasteiger partial charge in [0.15, 0.2) is 34.4 Å². The first-order chi connectivity index (χ1) is 27.4. The van der Waals surface area contributed by atoms with Gasteiger partial charge < -0.3 is 33.9 Å². The van der Waals surface area contributed by atoms with E-state index >= 15 is 0 Å². The van der Waals surface area contributed by atoms with Crippen LogP contribution in [0.3, 0.4) is 0 Å². The van der Waals surface area contributed by atoms with Crippen LogP contribution < -0.4 is 15.4 Å². The molecule has 57 heavy (non-hydrogen) atoms. The first-order valence-corrected chi connectivity index (χ1v) is 20.4. The Kier molecular flexibility index (Phi) is 8.08. The Labute approximate surface area is 338 Å². The minimum atomic E-state index is -1.53. The zero-order valence-corrected chi connectivity index (χ0v) is 33.6. The van der Waals surface area contributed by atoms with Crippen molar-refractivity contribution in [1.82, 2.24) is 19.9 Å². The maximum absolute atomic E-state index is 14.4. The first-order valence-electron chi connectivity index (χ1n) is 19.7. The van der Waals surface area contributed by atoms with Crippen LogP contribution in [0.4, 0.5) is 5.69 Å². The number of aliphatic hydroxyl groups is 1. The lowest BCUT2D eigenvalue weighted by atomic mass is 9.72. The lowest BCUT2D eigenvalue weighted by Crippen LogP contribution is -2.43. The Balaban J connectivity index is 1.30. The number of carbonyl (C=O) groups is 2. The summed E-state index contributed by atoms with van der Waals surface area (Å²) in [5.41, 5.74) is 4.41. The minimum Gasteiger partial charge on any atom is -0.469 e. The van der Waals surface area contributed by atoms with Crippen molar-refractivity contribution in [3.05, 3.63) is 93.2 Å². The molecular weight excluding hydrogens is 765 g/mol. The average Bonchev–Trinajstić information content (AvgIpc) is 4.00. The highest BCUT2D eigenvalue weighted by atomic mass is 35.5. The van der Waals surface area contributed by atoms with Crippen LogP contribution in [0.2, 0.25) is 10.3 Å². The molecule has 4 unspecified atom stereocenters. The van der Waals surface area contributed by atoms with Crippen molar-refractivity contribution < 1.29 is 28.3 Å². The number of nitrogens with one attached hydrogen (secondary N) is 2.